The zero-order valence-electron chi connectivity index (χ0n) is 13.7. The fourth-order valence-corrected chi connectivity index (χ4v) is 3.05. The van der Waals surface area contributed by atoms with E-state index in [1.54, 1.807) is 19.9 Å². The molecule has 0 N–H and O–H groups in total. The molecule has 3 rings (SSSR count). The van der Waals surface area contributed by atoms with Gasteiger partial charge in [-0.05, 0) is 6.07 Å². The maximum atomic E-state index is 12.4. The van der Waals surface area contributed by atoms with Crippen molar-refractivity contribution in [3.63, 3.8) is 0 Å². The van der Waals surface area contributed by atoms with E-state index in [4.69, 9.17) is 18.9 Å². The third kappa shape index (κ3) is 2.62. The maximum absolute atomic E-state index is 12.4. The third-order valence-corrected chi connectivity index (χ3v) is 4.15. The van der Waals surface area contributed by atoms with E-state index in [2.05, 4.69) is 0 Å². The Morgan fingerprint density at radius 3 is 2.30 bits per heavy atom. The van der Waals surface area contributed by atoms with Crippen molar-refractivity contribution < 1.29 is 28.5 Å². The standard InChI is InChI=1S/C17H20O6/c1-16(2,12-14(18)22-17(3,4)23-15(12)19)10-6-5-7-11-13(10)21-9-8-20-11/h5-7,12H,8-9H2,1-4H3. The molecule has 0 spiro atoms. The Labute approximate surface area is 134 Å². The van der Waals surface area contributed by atoms with Crippen molar-refractivity contribution in [2.45, 2.75) is 38.9 Å². The van der Waals surface area contributed by atoms with Gasteiger partial charge in [-0.2, -0.15) is 0 Å². The number of fused-ring (bicyclic) bond motifs is 1. The van der Waals surface area contributed by atoms with Crippen LogP contribution in [0.25, 0.3) is 0 Å². The Balaban J connectivity index is 2.02. The molecule has 124 valence electrons. The maximum Gasteiger partial charge on any atom is 0.324 e. The van der Waals surface area contributed by atoms with Gasteiger partial charge in [0.05, 0.1) is 0 Å². The van der Waals surface area contributed by atoms with E-state index in [1.165, 1.54) is 13.8 Å². The molecule has 0 amide bonds. The highest BCUT2D eigenvalue weighted by Gasteiger charge is 2.52. The average Bonchev–Trinajstić information content (AvgIpc) is 2.44. The first kappa shape index (κ1) is 15.6. The van der Waals surface area contributed by atoms with Gasteiger partial charge in [-0.25, -0.2) is 0 Å². The van der Waals surface area contributed by atoms with Crippen LogP contribution in [-0.4, -0.2) is 30.9 Å². The van der Waals surface area contributed by atoms with Gasteiger partial charge in [0, 0.05) is 24.8 Å². The highest BCUT2D eigenvalue weighted by molar-refractivity contribution is 5.98. The Morgan fingerprint density at radius 2 is 1.65 bits per heavy atom. The van der Waals surface area contributed by atoms with Gasteiger partial charge in [-0.15, -0.1) is 0 Å². The van der Waals surface area contributed by atoms with Gasteiger partial charge in [0.2, 0.25) is 0 Å². The van der Waals surface area contributed by atoms with Crippen molar-refractivity contribution in [3.8, 4) is 11.5 Å². The second-order valence-corrected chi connectivity index (χ2v) is 6.73. The summed E-state index contributed by atoms with van der Waals surface area (Å²) in [6, 6.07) is 5.44. The SMILES string of the molecule is CC1(C)OC(=O)C(C(C)(C)c2cccc3c2OCCO3)C(=O)O1. The van der Waals surface area contributed by atoms with Crippen LogP contribution < -0.4 is 9.47 Å². The number of hydrogen-bond donors (Lipinski definition) is 0. The van der Waals surface area contributed by atoms with Crippen LogP contribution in [0.4, 0.5) is 0 Å². The van der Waals surface area contributed by atoms with Crippen LogP contribution in [0.15, 0.2) is 18.2 Å². The molecule has 0 aromatic heterocycles. The van der Waals surface area contributed by atoms with E-state index in [1.807, 2.05) is 12.1 Å². The van der Waals surface area contributed by atoms with Gasteiger partial charge in [0.25, 0.3) is 5.79 Å². The number of esters is 2. The first-order valence-electron chi connectivity index (χ1n) is 7.57. The monoisotopic (exact) mass is 320 g/mol. The number of benzene rings is 1. The molecule has 1 fully saturated rings. The number of ether oxygens (including phenoxy) is 4. The highest BCUT2D eigenvalue weighted by atomic mass is 16.7. The molecule has 0 aliphatic carbocycles. The second kappa shape index (κ2) is 5.15. The number of cyclic esters (lactones) is 2. The molecule has 1 aromatic rings. The van der Waals surface area contributed by atoms with Gasteiger partial charge >= 0.3 is 11.9 Å². The number of para-hydroxylation sites is 1. The smallest absolute Gasteiger partial charge is 0.324 e. The van der Waals surface area contributed by atoms with E-state index < -0.39 is 29.1 Å². The van der Waals surface area contributed by atoms with Crippen LogP contribution in [0.5, 0.6) is 11.5 Å². The lowest BCUT2D eigenvalue weighted by Gasteiger charge is -2.40. The summed E-state index contributed by atoms with van der Waals surface area (Å²) in [6.45, 7) is 7.56. The van der Waals surface area contributed by atoms with Crippen LogP contribution in [0.2, 0.25) is 0 Å². The molecule has 6 heteroatoms. The van der Waals surface area contributed by atoms with Crippen molar-refractivity contribution in [2.24, 2.45) is 5.92 Å². The normalized spacial score (nSPS) is 20.7. The molecule has 0 radical (unpaired) electrons. The van der Waals surface area contributed by atoms with Crippen LogP contribution in [-0.2, 0) is 24.5 Å². The van der Waals surface area contributed by atoms with Crippen LogP contribution in [0, 0.1) is 5.92 Å². The predicted molar refractivity (Wildman–Crippen MR) is 80.2 cm³/mol. The molecule has 2 heterocycles. The quantitative estimate of drug-likeness (QED) is 0.614. The molecule has 1 aromatic carbocycles. The van der Waals surface area contributed by atoms with E-state index in [9.17, 15) is 9.59 Å². The summed E-state index contributed by atoms with van der Waals surface area (Å²) in [5.74, 6) is -2.31. The van der Waals surface area contributed by atoms with E-state index in [-0.39, 0.29) is 0 Å². The van der Waals surface area contributed by atoms with E-state index in [0.717, 1.165) is 0 Å². The minimum atomic E-state index is -1.24. The van der Waals surface area contributed by atoms with Crippen LogP contribution >= 0.6 is 0 Å². The zero-order valence-corrected chi connectivity index (χ0v) is 13.7. The average molecular weight is 320 g/mol. The lowest BCUT2D eigenvalue weighted by molar-refractivity contribution is -0.243. The van der Waals surface area contributed by atoms with Crippen molar-refractivity contribution in [2.75, 3.05) is 13.2 Å². The first-order valence-corrected chi connectivity index (χ1v) is 7.57. The summed E-state index contributed by atoms with van der Waals surface area (Å²) in [7, 11) is 0. The van der Waals surface area contributed by atoms with Crippen molar-refractivity contribution in [1.82, 2.24) is 0 Å². The molecule has 0 saturated carbocycles. The lowest BCUT2D eigenvalue weighted by atomic mass is 9.72. The molecular weight excluding hydrogens is 300 g/mol. The first-order chi connectivity index (χ1) is 10.7. The van der Waals surface area contributed by atoms with E-state index >= 15 is 0 Å². The zero-order chi connectivity index (χ0) is 16.8. The molecule has 23 heavy (non-hydrogen) atoms. The summed E-state index contributed by atoms with van der Waals surface area (Å²) in [4.78, 5) is 24.8. The summed E-state index contributed by atoms with van der Waals surface area (Å²) >= 11 is 0. The third-order valence-electron chi connectivity index (χ3n) is 4.15. The topological polar surface area (TPSA) is 71.1 Å². The van der Waals surface area contributed by atoms with E-state index in [0.29, 0.717) is 30.3 Å². The largest absolute Gasteiger partial charge is 0.486 e. The summed E-state index contributed by atoms with van der Waals surface area (Å²) in [5, 5.41) is 0. The number of hydrogen-bond acceptors (Lipinski definition) is 6. The van der Waals surface area contributed by atoms with Gasteiger partial charge in [0.15, 0.2) is 17.4 Å². The van der Waals surface area contributed by atoms with Gasteiger partial charge in [0.1, 0.15) is 13.2 Å². The Morgan fingerprint density at radius 1 is 1.04 bits per heavy atom. The molecule has 6 nitrogen and oxygen atoms in total. The molecule has 2 aliphatic rings. The Hall–Kier alpha value is -2.24. The minimum Gasteiger partial charge on any atom is -0.486 e. The Kier molecular flexibility index (Phi) is 3.50. The molecule has 0 bridgehead atoms. The minimum absolute atomic E-state index is 0.423. The van der Waals surface area contributed by atoms with Gasteiger partial charge in [-0.1, -0.05) is 26.0 Å². The fraction of sp³-hybridized carbons (Fsp3) is 0.529. The summed E-state index contributed by atoms with van der Waals surface area (Å²) < 4.78 is 21.8. The number of rotatable bonds is 2. The van der Waals surface area contributed by atoms with Crippen molar-refractivity contribution in [3.05, 3.63) is 23.8 Å². The molecule has 0 unspecified atom stereocenters. The molecule has 2 aliphatic heterocycles. The number of carbonyl (C=O) groups is 2. The predicted octanol–water partition coefficient (Wildman–Crippen LogP) is 2.19. The fourth-order valence-electron chi connectivity index (χ4n) is 3.05. The second-order valence-electron chi connectivity index (χ2n) is 6.73. The van der Waals surface area contributed by atoms with Crippen LogP contribution in [0.3, 0.4) is 0 Å². The highest BCUT2D eigenvalue weighted by Crippen LogP contribution is 2.45. The summed E-state index contributed by atoms with van der Waals surface area (Å²) in [5.41, 5.74) is -0.148. The molecule has 0 atom stereocenters. The van der Waals surface area contributed by atoms with Gasteiger partial charge < -0.3 is 18.9 Å². The Bertz CT molecular complexity index is 641. The van der Waals surface area contributed by atoms with Gasteiger partial charge in [-0.3, -0.25) is 9.59 Å². The number of carbonyl (C=O) groups excluding carboxylic acids is 2. The molecular formula is C17H20O6. The lowest BCUT2D eigenvalue weighted by Crippen LogP contribution is -2.52. The van der Waals surface area contributed by atoms with Crippen molar-refractivity contribution in [1.29, 1.82) is 0 Å². The van der Waals surface area contributed by atoms with Crippen molar-refractivity contribution >= 4 is 11.9 Å². The molecule has 1 saturated heterocycles. The summed E-state index contributed by atoms with van der Waals surface area (Å²) in [6.07, 6.45) is 0. The van der Waals surface area contributed by atoms with Crippen LogP contribution in [0.1, 0.15) is 33.3 Å².